The van der Waals surface area contributed by atoms with Crippen molar-refractivity contribution in [3.8, 4) is 11.1 Å². The molecule has 176 valence electrons. The average Bonchev–Trinajstić information content (AvgIpc) is 3.30. The summed E-state index contributed by atoms with van der Waals surface area (Å²) in [4.78, 5) is 30.1. The quantitative estimate of drug-likeness (QED) is 0.628. The lowest BCUT2D eigenvalue weighted by Gasteiger charge is -2.24. The van der Waals surface area contributed by atoms with E-state index in [-0.39, 0.29) is 23.8 Å². The van der Waals surface area contributed by atoms with Crippen molar-refractivity contribution in [3.63, 3.8) is 0 Å². The minimum absolute atomic E-state index is 0.148. The molecule has 2 aliphatic rings. The number of ether oxygens (including phenoxy) is 1. The average molecular weight is 449 g/mol. The summed E-state index contributed by atoms with van der Waals surface area (Å²) in [6, 6.07) is 16.9. The molecule has 0 spiro atoms. The number of hydrogen-bond acceptors (Lipinski definition) is 3. The van der Waals surface area contributed by atoms with E-state index in [1.54, 1.807) is 0 Å². The predicted molar refractivity (Wildman–Crippen MR) is 131 cm³/mol. The first kappa shape index (κ1) is 23.5. The van der Waals surface area contributed by atoms with Crippen LogP contribution in [0.4, 0.5) is 0 Å². The van der Waals surface area contributed by atoms with Gasteiger partial charge < -0.3 is 14.5 Å². The van der Waals surface area contributed by atoms with Gasteiger partial charge in [-0.15, -0.1) is 0 Å². The zero-order chi connectivity index (χ0) is 23.2. The second kappa shape index (κ2) is 11.0. The molecule has 0 aromatic heterocycles. The van der Waals surface area contributed by atoms with Gasteiger partial charge >= 0.3 is 0 Å². The van der Waals surface area contributed by atoms with Gasteiger partial charge in [0.05, 0.1) is 12.0 Å². The molecule has 2 amide bonds. The summed E-state index contributed by atoms with van der Waals surface area (Å²) in [7, 11) is 0. The third-order valence-corrected chi connectivity index (χ3v) is 7.05. The molecule has 2 fully saturated rings. The van der Waals surface area contributed by atoms with Gasteiger partial charge in [-0.05, 0) is 61.8 Å². The molecule has 0 saturated carbocycles. The van der Waals surface area contributed by atoms with Gasteiger partial charge in [0.15, 0.2) is 0 Å². The normalized spacial score (nSPS) is 21.3. The van der Waals surface area contributed by atoms with Crippen molar-refractivity contribution in [2.45, 2.75) is 52.1 Å². The van der Waals surface area contributed by atoms with Gasteiger partial charge in [-0.1, -0.05) is 48.5 Å². The van der Waals surface area contributed by atoms with Gasteiger partial charge in [-0.3, -0.25) is 9.59 Å². The molecular weight excluding hydrogens is 412 g/mol. The number of benzene rings is 2. The van der Waals surface area contributed by atoms with Crippen LogP contribution < -0.4 is 0 Å². The highest BCUT2D eigenvalue weighted by Crippen LogP contribution is 2.26. The zero-order valence-electron chi connectivity index (χ0n) is 20.0. The van der Waals surface area contributed by atoms with Crippen LogP contribution in [0.5, 0.6) is 0 Å². The van der Waals surface area contributed by atoms with Crippen LogP contribution in [0.2, 0.25) is 0 Å². The van der Waals surface area contributed by atoms with Gasteiger partial charge in [0.25, 0.3) is 0 Å². The Morgan fingerprint density at radius 2 is 1.97 bits per heavy atom. The molecule has 2 heterocycles. The number of likely N-dealkylation sites (N-methyl/N-ethyl adjacent to an activating group) is 1. The van der Waals surface area contributed by atoms with E-state index >= 15 is 0 Å². The van der Waals surface area contributed by atoms with Crippen molar-refractivity contribution in [1.82, 2.24) is 9.80 Å². The molecule has 5 heteroatoms. The number of carbonyl (C=O) groups excluding carboxylic acids is 2. The summed E-state index contributed by atoms with van der Waals surface area (Å²) in [6.07, 6.45) is 4.28. The number of rotatable bonds is 7. The van der Waals surface area contributed by atoms with Gasteiger partial charge in [0.1, 0.15) is 0 Å². The van der Waals surface area contributed by atoms with Gasteiger partial charge in [-0.2, -0.15) is 0 Å². The van der Waals surface area contributed by atoms with Crippen molar-refractivity contribution in [2.24, 2.45) is 5.92 Å². The van der Waals surface area contributed by atoms with E-state index in [9.17, 15) is 9.59 Å². The molecule has 2 aromatic carbocycles. The highest BCUT2D eigenvalue weighted by molar-refractivity contribution is 5.82. The summed E-state index contributed by atoms with van der Waals surface area (Å²) >= 11 is 0. The lowest BCUT2D eigenvalue weighted by Crippen LogP contribution is -2.38. The second-order valence-electron chi connectivity index (χ2n) is 9.35. The lowest BCUT2D eigenvalue weighted by molar-refractivity contribution is -0.135. The number of amides is 2. The first-order chi connectivity index (χ1) is 16.0. The van der Waals surface area contributed by atoms with Crippen molar-refractivity contribution < 1.29 is 14.3 Å². The Labute approximate surface area is 197 Å². The van der Waals surface area contributed by atoms with E-state index < -0.39 is 0 Å². The summed E-state index contributed by atoms with van der Waals surface area (Å²) in [5.41, 5.74) is 4.76. The molecular formula is C28H36N2O3. The Balaban J connectivity index is 1.48. The highest BCUT2D eigenvalue weighted by atomic mass is 16.5. The Morgan fingerprint density at radius 1 is 1.12 bits per heavy atom. The van der Waals surface area contributed by atoms with E-state index in [1.807, 2.05) is 16.7 Å². The smallest absolute Gasteiger partial charge is 0.227 e. The molecule has 0 unspecified atom stereocenters. The SMILES string of the molecule is CCN1CCN(C(=O)CC[C@H]2CCCO2)C[C@H](Cc2cccc(-c3ccccc3C)c2)C1=O. The number of carbonyl (C=O) groups is 2. The fraction of sp³-hybridized carbons (Fsp3) is 0.500. The molecule has 4 rings (SSSR count). The van der Waals surface area contributed by atoms with Crippen molar-refractivity contribution in [3.05, 3.63) is 59.7 Å². The van der Waals surface area contributed by atoms with E-state index in [0.717, 1.165) is 31.4 Å². The zero-order valence-corrected chi connectivity index (χ0v) is 20.0. The van der Waals surface area contributed by atoms with E-state index in [0.29, 0.717) is 39.0 Å². The Morgan fingerprint density at radius 3 is 2.73 bits per heavy atom. The van der Waals surface area contributed by atoms with Gasteiger partial charge in [0, 0.05) is 39.2 Å². The number of nitrogens with zero attached hydrogens (tertiary/aromatic N) is 2. The van der Waals surface area contributed by atoms with Crippen LogP contribution in [-0.4, -0.2) is 60.5 Å². The van der Waals surface area contributed by atoms with Crippen LogP contribution in [0.25, 0.3) is 11.1 Å². The second-order valence-corrected chi connectivity index (χ2v) is 9.35. The maximum atomic E-state index is 13.3. The maximum Gasteiger partial charge on any atom is 0.227 e. The predicted octanol–water partition coefficient (Wildman–Crippen LogP) is 4.47. The monoisotopic (exact) mass is 448 g/mol. The van der Waals surface area contributed by atoms with Crippen molar-refractivity contribution in [1.29, 1.82) is 0 Å². The summed E-state index contributed by atoms with van der Waals surface area (Å²) in [5, 5.41) is 0. The maximum absolute atomic E-state index is 13.3. The van der Waals surface area contributed by atoms with Crippen LogP contribution in [0, 0.1) is 12.8 Å². The molecule has 5 nitrogen and oxygen atoms in total. The molecule has 2 aromatic rings. The Kier molecular flexibility index (Phi) is 7.81. The van der Waals surface area contributed by atoms with Crippen LogP contribution in [0.1, 0.15) is 43.7 Å². The largest absolute Gasteiger partial charge is 0.378 e. The van der Waals surface area contributed by atoms with Crippen molar-refractivity contribution in [2.75, 3.05) is 32.8 Å². The Hall–Kier alpha value is -2.66. The van der Waals surface area contributed by atoms with Crippen LogP contribution in [0.3, 0.4) is 0 Å². The molecule has 0 radical (unpaired) electrons. The van der Waals surface area contributed by atoms with Gasteiger partial charge in [-0.25, -0.2) is 0 Å². The summed E-state index contributed by atoms with van der Waals surface area (Å²) in [5.74, 6) is 0.0920. The Bertz CT molecular complexity index is 967. The molecule has 0 aliphatic carbocycles. The number of aryl methyl sites for hydroxylation is 1. The summed E-state index contributed by atoms with van der Waals surface area (Å²) < 4.78 is 5.69. The minimum atomic E-state index is -0.216. The van der Waals surface area contributed by atoms with Crippen LogP contribution in [0.15, 0.2) is 48.5 Å². The van der Waals surface area contributed by atoms with Crippen LogP contribution in [-0.2, 0) is 20.7 Å². The fourth-order valence-electron chi connectivity index (χ4n) is 5.10. The third-order valence-electron chi connectivity index (χ3n) is 7.05. The molecule has 2 saturated heterocycles. The molecule has 0 bridgehead atoms. The van der Waals surface area contributed by atoms with Gasteiger partial charge in [0.2, 0.25) is 11.8 Å². The number of hydrogen-bond donors (Lipinski definition) is 0. The first-order valence-electron chi connectivity index (χ1n) is 12.4. The molecule has 2 atom stereocenters. The molecule has 33 heavy (non-hydrogen) atoms. The van der Waals surface area contributed by atoms with E-state index in [1.165, 1.54) is 16.7 Å². The highest BCUT2D eigenvalue weighted by Gasteiger charge is 2.32. The van der Waals surface area contributed by atoms with Crippen LogP contribution >= 0.6 is 0 Å². The lowest BCUT2D eigenvalue weighted by atomic mass is 9.93. The standard InChI is InChI=1S/C28H36N2O3/c1-3-29-15-16-30(27(31)14-13-25-11-7-17-33-25)20-24(28(29)32)19-22-9-6-10-23(18-22)26-12-5-4-8-21(26)2/h4-6,8-10,12,18,24-25H,3,7,11,13-17,19-20H2,1-2H3/t24-,25+/m0/s1. The molecule has 0 N–H and O–H groups in total. The van der Waals surface area contributed by atoms with E-state index in [2.05, 4.69) is 55.5 Å². The van der Waals surface area contributed by atoms with E-state index in [4.69, 9.17) is 4.74 Å². The summed E-state index contributed by atoms with van der Waals surface area (Å²) in [6.45, 7) is 7.35. The third kappa shape index (κ3) is 5.83. The minimum Gasteiger partial charge on any atom is -0.378 e. The topological polar surface area (TPSA) is 49.9 Å². The first-order valence-corrected chi connectivity index (χ1v) is 12.4. The molecule has 2 aliphatic heterocycles. The fourth-order valence-corrected chi connectivity index (χ4v) is 5.10. The van der Waals surface area contributed by atoms with Crippen molar-refractivity contribution >= 4 is 11.8 Å².